The lowest BCUT2D eigenvalue weighted by Crippen LogP contribution is -2.57. The number of thiazole rings is 1. The number of aliphatic hydroxyl groups is 1. The summed E-state index contributed by atoms with van der Waals surface area (Å²) in [4.78, 5) is 73.1. The maximum absolute atomic E-state index is 14.2. The van der Waals surface area contributed by atoms with Crippen molar-refractivity contribution in [2.75, 3.05) is 19.6 Å². The Bertz CT molecular complexity index is 2950. The largest absolute Gasteiger partial charge is 0.491 e. The highest BCUT2D eigenvalue weighted by Crippen LogP contribution is 2.37. The van der Waals surface area contributed by atoms with E-state index in [1.807, 2.05) is 71.3 Å². The smallest absolute Gasteiger partial charge is 0.246 e. The molecule has 0 radical (unpaired) electrons. The van der Waals surface area contributed by atoms with Crippen molar-refractivity contribution in [2.45, 2.75) is 154 Å². The van der Waals surface area contributed by atoms with E-state index in [4.69, 9.17) is 21.3 Å². The monoisotopic (exact) mass is 1070 g/mol. The number of carbonyl (C=O) groups excluding carboxylic acids is 4. The molecule has 3 atom stereocenters. The fourth-order valence-electron chi connectivity index (χ4n) is 9.72. The number of aryl methyl sites for hydroxylation is 2. The number of ether oxygens (including phenoxy) is 1. The Kier molecular flexibility index (Phi) is 18.0. The van der Waals surface area contributed by atoms with E-state index in [0.29, 0.717) is 60.2 Å². The molecule has 3 aromatic carbocycles. The molecule has 0 spiro atoms. The summed E-state index contributed by atoms with van der Waals surface area (Å²) < 4.78 is 32.8. The van der Waals surface area contributed by atoms with Gasteiger partial charge < -0.3 is 30.3 Å². The first-order chi connectivity index (χ1) is 35.0. The minimum atomic E-state index is -3.54. The molecule has 396 valence electrons. The molecular formula is C56H70ClN7O8S2. The standard InChI is InChI=1S/C56H70ClN7O8S2/c1-33(2)72-47-28-43(35(5)24-41(47)26-49-58-30-44(57)45(61-49)25-40-12-10-11-13-48(40)74(70,71)34(3)4)38-20-22-63(23-21-38)51(67)19-18-50(66)62-53(56(7,8)9)55(69)64-31-42(65)27-46(64)54(68)59-29-37-14-16-39(17-15-37)52-36(6)60-32-73-52/h10-17,24,28,30,32-34,38,42,46,53,65H,18-23,25-27,29,31H2,1-9H3,(H,59,68)(H,62,66)/t42-,46+,53-/m1/s1. The Balaban J connectivity index is 0.933. The maximum Gasteiger partial charge on any atom is 0.246 e. The molecule has 2 aliphatic heterocycles. The lowest BCUT2D eigenvalue weighted by Gasteiger charge is -2.35. The van der Waals surface area contributed by atoms with Crippen LogP contribution in [-0.2, 0) is 48.4 Å². The van der Waals surface area contributed by atoms with E-state index in [-0.39, 0.29) is 67.5 Å². The first kappa shape index (κ1) is 56.0. The zero-order valence-corrected chi connectivity index (χ0v) is 46.3. The minimum Gasteiger partial charge on any atom is -0.491 e. The Hall–Kier alpha value is -5.75. The van der Waals surface area contributed by atoms with E-state index in [1.165, 1.54) is 4.90 Å². The van der Waals surface area contributed by atoms with E-state index in [9.17, 15) is 32.7 Å². The number of likely N-dealkylation sites (tertiary alicyclic amines) is 2. The van der Waals surface area contributed by atoms with E-state index in [0.717, 1.165) is 38.4 Å². The maximum atomic E-state index is 14.2. The molecule has 74 heavy (non-hydrogen) atoms. The molecule has 0 aliphatic carbocycles. The van der Waals surface area contributed by atoms with Gasteiger partial charge in [-0.3, -0.25) is 19.2 Å². The Labute approximate surface area is 444 Å². The molecule has 18 heteroatoms. The number of benzene rings is 3. The van der Waals surface area contributed by atoms with Gasteiger partial charge in [0.1, 0.15) is 23.7 Å². The van der Waals surface area contributed by atoms with Crippen molar-refractivity contribution in [1.82, 2.24) is 35.4 Å². The normalized spacial score (nSPS) is 16.9. The van der Waals surface area contributed by atoms with Gasteiger partial charge in [-0.15, -0.1) is 11.3 Å². The zero-order valence-electron chi connectivity index (χ0n) is 43.9. The summed E-state index contributed by atoms with van der Waals surface area (Å²) in [6.07, 6.45) is 2.48. The average molecular weight is 1070 g/mol. The summed E-state index contributed by atoms with van der Waals surface area (Å²) in [5, 5.41) is 16.3. The number of β-amino-alcohol motifs (C(OH)–C–C–N with tert-alkyl or cyclic N) is 1. The molecular weight excluding hydrogens is 998 g/mol. The van der Waals surface area contributed by atoms with Crippen LogP contribution >= 0.6 is 22.9 Å². The second-order valence-corrected chi connectivity index (χ2v) is 25.0. The molecule has 15 nitrogen and oxygen atoms in total. The van der Waals surface area contributed by atoms with Crippen LogP contribution < -0.4 is 15.4 Å². The molecule has 5 aromatic rings. The van der Waals surface area contributed by atoms with Crippen molar-refractivity contribution < 1.29 is 37.4 Å². The summed E-state index contributed by atoms with van der Waals surface area (Å²) in [7, 11) is -3.54. The van der Waals surface area contributed by atoms with Crippen LogP contribution in [0.4, 0.5) is 0 Å². The number of halogens is 1. The van der Waals surface area contributed by atoms with E-state index >= 15 is 0 Å². The van der Waals surface area contributed by atoms with Gasteiger partial charge in [-0.05, 0) is 106 Å². The van der Waals surface area contributed by atoms with Crippen LogP contribution in [0.25, 0.3) is 10.4 Å². The topological polar surface area (TPSA) is 201 Å². The number of amides is 4. The first-order valence-electron chi connectivity index (χ1n) is 25.4. The summed E-state index contributed by atoms with van der Waals surface area (Å²) >= 11 is 8.18. The van der Waals surface area contributed by atoms with Gasteiger partial charge in [0.2, 0.25) is 23.6 Å². The second kappa shape index (κ2) is 23.8. The van der Waals surface area contributed by atoms with E-state index < -0.39 is 50.5 Å². The number of nitrogens with zero attached hydrogens (tertiary/aromatic N) is 5. The molecule has 0 unspecified atom stereocenters. The summed E-state index contributed by atoms with van der Waals surface area (Å²) in [5.41, 5.74) is 8.18. The highest BCUT2D eigenvalue weighted by Gasteiger charge is 2.44. The number of hydrogen-bond acceptors (Lipinski definition) is 12. The third-order valence-corrected chi connectivity index (χ3v) is 17.4. The van der Waals surface area contributed by atoms with Gasteiger partial charge in [0, 0.05) is 70.0 Å². The van der Waals surface area contributed by atoms with Crippen molar-refractivity contribution in [3.05, 3.63) is 122 Å². The van der Waals surface area contributed by atoms with Crippen LogP contribution in [0.1, 0.15) is 132 Å². The van der Waals surface area contributed by atoms with Crippen LogP contribution in [0.15, 0.2) is 77.3 Å². The SMILES string of the molecule is Cc1cc(Cc2ncc(Cl)c(Cc3ccccc3S(=O)(=O)C(C)C)n2)c(OC(C)C)cc1C1CCN(C(=O)CCC(=O)N[C@H](C(=O)N2C[C@H](O)C[C@H]2C(=O)NCc2ccc(-c3scnc3C)cc2)C(C)(C)C)CC1. The number of rotatable bonds is 18. The van der Waals surface area contributed by atoms with Gasteiger partial charge >= 0.3 is 0 Å². The Morgan fingerprint density at radius 3 is 2.28 bits per heavy atom. The second-order valence-electron chi connectivity index (χ2n) is 21.2. The van der Waals surface area contributed by atoms with Crippen LogP contribution in [0.3, 0.4) is 0 Å². The zero-order chi connectivity index (χ0) is 53.6. The molecule has 2 fully saturated rings. The molecule has 3 N–H and O–H groups in total. The number of carbonyl (C=O) groups is 4. The Morgan fingerprint density at radius 2 is 1.64 bits per heavy atom. The van der Waals surface area contributed by atoms with E-state index in [2.05, 4.69) is 39.7 Å². The quantitative estimate of drug-likeness (QED) is 0.0762. The van der Waals surface area contributed by atoms with Crippen LogP contribution in [0, 0.1) is 19.3 Å². The number of piperidine rings is 1. The van der Waals surface area contributed by atoms with Crippen molar-refractivity contribution >= 4 is 56.4 Å². The van der Waals surface area contributed by atoms with Gasteiger partial charge in [0.15, 0.2) is 9.84 Å². The number of sulfone groups is 1. The van der Waals surface area contributed by atoms with Crippen molar-refractivity contribution in [3.8, 4) is 16.2 Å². The molecule has 4 amide bonds. The predicted molar refractivity (Wildman–Crippen MR) is 288 cm³/mol. The van der Waals surface area contributed by atoms with Gasteiger partial charge in [0.05, 0.1) is 49.2 Å². The lowest BCUT2D eigenvalue weighted by molar-refractivity contribution is -0.144. The fourth-order valence-corrected chi connectivity index (χ4v) is 12.0. The average Bonchev–Trinajstić information content (AvgIpc) is 3.98. The summed E-state index contributed by atoms with van der Waals surface area (Å²) in [6.45, 7) is 18.0. The van der Waals surface area contributed by atoms with Crippen LogP contribution in [0.2, 0.25) is 5.02 Å². The lowest BCUT2D eigenvalue weighted by atomic mass is 9.85. The molecule has 0 bridgehead atoms. The highest BCUT2D eigenvalue weighted by molar-refractivity contribution is 7.92. The number of hydrogen-bond donors (Lipinski definition) is 3. The van der Waals surface area contributed by atoms with Gasteiger partial charge in [0.25, 0.3) is 0 Å². The van der Waals surface area contributed by atoms with Crippen molar-refractivity contribution in [2.24, 2.45) is 5.41 Å². The number of aliphatic hydroxyl groups excluding tert-OH is 1. The molecule has 2 saturated heterocycles. The third kappa shape index (κ3) is 13.6. The molecule has 4 heterocycles. The van der Waals surface area contributed by atoms with Crippen LogP contribution in [-0.4, -0.2) is 111 Å². The molecule has 0 saturated carbocycles. The molecule has 2 aromatic heterocycles. The Morgan fingerprint density at radius 1 is 0.932 bits per heavy atom. The third-order valence-electron chi connectivity index (χ3n) is 13.8. The number of aromatic nitrogens is 3. The van der Waals surface area contributed by atoms with Crippen LogP contribution in [0.5, 0.6) is 5.75 Å². The molecule has 7 rings (SSSR count). The highest BCUT2D eigenvalue weighted by atomic mass is 35.5. The summed E-state index contributed by atoms with van der Waals surface area (Å²) in [5.74, 6) is -0.0548. The van der Waals surface area contributed by atoms with Crippen molar-refractivity contribution in [1.29, 1.82) is 0 Å². The van der Waals surface area contributed by atoms with Gasteiger partial charge in [-0.1, -0.05) is 80.9 Å². The van der Waals surface area contributed by atoms with Gasteiger partial charge in [-0.25, -0.2) is 23.4 Å². The fraction of sp³-hybridized carbons (Fsp3) is 0.482. The number of nitrogens with one attached hydrogen (secondary N) is 2. The van der Waals surface area contributed by atoms with Gasteiger partial charge in [-0.2, -0.15) is 0 Å². The summed E-state index contributed by atoms with van der Waals surface area (Å²) in [6, 6.07) is 17.1. The minimum absolute atomic E-state index is 0.0298. The van der Waals surface area contributed by atoms with E-state index in [1.54, 1.807) is 60.5 Å². The van der Waals surface area contributed by atoms with Crippen molar-refractivity contribution in [3.63, 3.8) is 0 Å². The molecule has 2 aliphatic rings. The predicted octanol–water partition coefficient (Wildman–Crippen LogP) is 8.32. The first-order valence-corrected chi connectivity index (χ1v) is 28.2.